The van der Waals surface area contributed by atoms with Crippen molar-refractivity contribution in [3.8, 4) is 11.8 Å². The Morgan fingerprint density at radius 2 is 2.04 bits per heavy atom. The number of nitriles is 1. The average Bonchev–Trinajstić information content (AvgIpc) is 3.09. The Kier molecular flexibility index (Phi) is 5.58. The quantitative estimate of drug-likeness (QED) is 0.865. The lowest BCUT2D eigenvalue weighted by Gasteiger charge is -2.29. The maximum Gasteiger partial charge on any atom is 0.417 e. The molecule has 148 valence electrons. The zero-order valence-corrected chi connectivity index (χ0v) is 15.2. The molecule has 2 aromatic rings. The predicted octanol–water partition coefficient (Wildman–Crippen LogP) is 3.43. The third-order valence-corrected chi connectivity index (χ3v) is 4.70. The highest BCUT2D eigenvalue weighted by Crippen LogP contribution is 2.35. The van der Waals surface area contributed by atoms with E-state index in [-0.39, 0.29) is 23.8 Å². The highest BCUT2D eigenvalue weighted by atomic mass is 19.4. The SMILES string of the molecule is Cn1cc(C(=O)NC2CCC(Oc3ccc(C#N)c(C(F)(F)F)c3)CC2)cn1. The van der Waals surface area contributed by atoms with Gasteiger partial charge in [0.15, 0.2) is 0 Å². The summed E-state index contributed by atoms with van der Waals surface area (Å²) in [5.41, 5.74) is -0.940. The molecule has 0 aliphatic heterocycles. The number of carbonyl (C=O) groups excluding carboxylic acids is 1. The number of hydrogen-bond donors (Lipinski definition) is 1. The zero-order chi connectivity index (χ0) is 20.3. The van der Waals surface area contributed by atoms with Crippen LogP contribution in [0.1, 0.15) is 47.2 Å². The maximum absolute atomic E-state index is 13.1. The molecule has 6 nitrogen and oxygen atoms in total. The van der Waals surface area contributed by atoms with Gasteiger partial charge in [-0.25, -0.2) is 0 Å². The summed E-state index contributed by atoms with van der Waals surface area (Å²) >= 11 is 0. The summed E-state index contributed by atoms with van der Waals surface area (Å²) in [6.45, 7) is 0. The van der Waals surface area contributed by atoms with Gasteiger partial charge < -0.3 is 10.1 Å². The number of alkyl halides is 3. The van der Waals surface area contributed by atoms with Crippen LogP contribution < -0.4 is 10.1 Å². The topological polar surface area (TPSA) is 79.9 Å². The maximum atomic E-state index is 13.1. The van der Waals surface area contributed by atoms with Gasteiger partial charge in [-0.1, -0.05) is 0 Å². The van der Waals surface area contributed by atoms with Crippen molar-refractivity contribution in [1.82, 2.24) is 15.1 Å². The lowest BCUT2D eigenvalue weighted by Crippen LogP contribution is -2.39. The van der Waals surface area contributed by atoms with Crippen LogP contribution in [0.15, 0.2) is 30.6 Å². The molecule has 0 radical (unpaired) electrons. The van der Waals surface area contributed by atoms with Gasteiger partial charge in [-0.05, 0) is 43.9 Å². The molecular formula is C19H19F3N4O2. The molecule has 1 N–H and O–H groups in total. The number of ether oxygens (including phenoxy) is 1. The van der Waals surface area contributed by atoms with Gasteiger partial charge in [-0.2, -0.15) is 23.5 Å². The lowest BCUT2D eigenvalue weighted by molar-refractivity contribution is -0.137. The second kappa shape index (κ2) is 7.92. The van der Waals surface area contributed by atoms with Crippen LogP contribution in [-0.2, 0) is 13.2 Å². The van der Waals surface area contributed by atoms with Gasteiger partial charge in [0, 0.05) is 19.3 Å². The van der Waals surface area contributed by atoms with E-state index in [1.165, 1.54) is 12.3 Å². The summed E-state index contributed by atoms with van der Waals surface area (Å²) in [4.78, 5) is 12.2. The fourth-order valence-corrected chi connectivity index (χ4v) is 3.25. The van der Waals surface area contributed by atoms with Crippen LogP contribution in [0.4, 0.5) is 13.2 Å². The fourth-order valence-electron chi connectivity index (χ4n) is 3.25. The largest absolute Gasteiger partial charge is 0.490 e. The Hall–Kier alpha value is -3.02. The first-order chi connectivity index (χ1) is 13.3. The van der Waals surface area contributed by atoms with E-state index in [0.717, 1.165) is 12.1 Å². The molecule has 9 heteroatoms. The fraction of sp³-hybridized carbons (Fsp3) is 0.421. The summed E-state index contributed by atoms with van der Waals surface area (Å²) < 4.78 is 46.4. The Labute approximate surface area is 159 Å². The highest BCUT2D eigenvalue weighted by molar-refractivity contribution is 5.93. The van der Waals surface area contributed by atoms with E-state index in [0.29, 0.717) is 31.2 Å². The van der Waals surface area contributed by atoms with Crippen LogP contribution in [0.25, 0.3) is 0 Å². The molecule has 1 heterocycles. The number of benzene rings is 1. The van der Waals surface area contributed by atoms with Gasteiger partial charge >= 0.3 is 6.18 Å². The zero-order valence-electron chi connectivity index (χ0n) is 15.2. The van der Waals surface area contributed by atoms with Gasteiger partial charge in [0.25, 0.3) is 5.91 Å². The molecule has 1 fully saturated rings. The standard InChI is InChI=1S/C19H19F3N4O2/c1-26-11-13(10-24-26)18(27)25-14-3-6-15(7-4-14)28-16-5-2-12(9-23)17(8-16)19(20,21)22/h2,5,8,10-11,14-15H,3-4,6-7H2,1H3,(H,25,27). The number of aromatic nitrogens is 2. The summed E-state index contributed by atoms with van der Waals surface area (Å²) in [5, 5.41) is 15.8. The number of amides is 1. The van der Waals surface area contributed by atoms with E-state index in [1.807, 2.05) is 0 Å². The van der Waals surface area contributed by atoms with Crippen LogP contribution in [0.5, 0.6) is 5.75 Å². The van der Waals surface area contributed by atoms with Crippen LogP contribution in [0.2, 0.25) is 0 Å². The number of aryl methyl sites for hydroxylation is 1. The molecule has 1 amide bonds. The number of nitrogens with zero attached hydrogens (tertiary/aromatic N) is 3. The first kappa shape index (κ1) is 19.7. The third kappa shape index (κ3) is 4.63. The Balaban J connectivity index is 1.56. The van der Waals surface area contributed by atoms with Crippen LogP contribution >= 0.6 is 0 Å². The van der Waals surface area contributed by atoms with Crippen molar-refractivity contribution in [2.45, 2.75) is 44.0 Å². The molecule has 0 saturated heterocycles. The molecule has 3 rings (SSSR count). The number of nitrogens with one attached hydrogen (secondary N) is 1. The number of halogens is 3. The molecule has 0 atom stereocenters. The van der Waals surface area contributed by atoms with E-state index < -0.39 is 17.3 Å². The van der Waals surface area contributed by atoms with Crippen molar-refractivity contribution in [3.63, 3.8) is 0 Å². The van der Waals surface area contributed by atoms with Gasteiger partial charge in [-0.3, -0.25) is 9.48 Å². The monoisotopic (exact) mass is 392 g/mol. The smallest absolute Gasteiger partial charge is 0.417 e. The van der Waals surface area contributed by atoms with Gasteiger partial charge in [0.05, 0.1) is 35.1 Å². The first-order valence-corrected chi connectivity index (χ1v) is 8.84. The van der Waals surface area contributed by atoms with Gasteiger partial charge in [0.1, 0.15) is 5.75 Å². The van der Waals surface area contributed by atoms with Gasteiger partial charge in [-0.15, -0.1) is 0 Å². The highest BCUT2D eigenvalue weighted by Gasteiger charge is 2.34. The minimum Gasteiger partial charge on any atom is -0.490 e. The summed E-state index contributed by atoms with van der Waals surface area (Å²) in [6.07, 6.45) is 0.830. The summed E-state index contributed by atoms with van der Waals surface area (Å²) in [7, 11) is 1.73. The van der Waals surface area contributed by atoms with Crippen LogP contribution in [-0.4, -0.2) is 27.8 Å². The van der Waals surface area contributed by atoms with E-state index in [9.17, 15) is 18.0 Å². The van der Waals surface area contributed by atoms with E-state index in [4.69, 9.17) is 10.00 Å². The number of hydrogen-bond acceptors (Lipinski definition) is 4. The molecule has 1 aliphatic carbocycles. The average molecular weight is 392 g/mol. The molecular weight excluding hydrogens is 373 g/mol. The Bertz CT molecular complexity index is 893. The van der Waals surface area contributed by atoms with Crippen LogP contribution in [0, 0.1) is 11.3 Å². The van der Waals surface area contributed by atoms with Crippen molar-refractivity contribution in [1.29, 1.82) is 5.26 Å². The number of carbonyl (C=O) groups is 1. The minimum absolute atomic E-state index is 0.0146. The second-order valence-electron chi connectivity index (χ2n) is 6.78. The lowest BCUT2D eigenvalue weighted by atomic mass is 9.92. The van der Waals surface area contributed by atoms with Crippen molar-refractivity contribution in [3.05, 3.63) is 47.3 Å². The molecule has 0 unspecified atom stereocenters. The Morgan fingerprint density at radius 3 is 2.61 bits per heavy atom. The molecule has 0 bridgehead atoms. The van der Waals surface area contributed by atoms with Crippen molar-refractivity contribution >= 4 is 5.91 Å². The third-order valence-electron chi connectivity index (χ3n) is 4.70. The predicted molar refractivity (Wildman–Crippen MR) is 93.5 cm³/mol. The molecule has 1 saturated carbocycles. The molecule has 28 heavy (non-hydrogen) atoms. The van der Waals surface area contributed by atoms with Crippen molar-refractivity contribution < 1.29 is 22.7 Å². The van der Waals surface area contributed by atoms with E-state index in [2.05, 4.69) is 10.4 Å². The molecule has 1 aromatic heterocycles. The van der Waals surface area contributed by atoms with E-state index >= 15 is 0 Å². The Morgan fingerprint density at radius 1 is 1.32 bits per heavy atom. The summed E-state index contributed by atoms with van der Waals surface area (Å²) in [6, 6.07) is 4.91. The van der Waals surface area contributed by atoms with E-state index in [1.54, 1.807) is 24.0 Å². The first-order valence-electron chi connectivity index (χ1n) is 8.84. The minimum atomic E-state index is -4.61. The van der Waals surface area contributed by atoms with Crippen molar-refractivity contribution in [2.24, 2.45) is 7.05 Å². The second-order valence-corrected chi connectivity index (χ2v) is 6.78. The normalized spacial score (nSPS) is 19.7. The van der Waals surface area contributed by atoms with Crippen LogP contribution in [0.3, 0.4) is 0 Å². The summed E-state index contributed by atoms with van der Waals surface area (Å²) in [5.74, 6) is -0.103. The molecule has 0 spiro atoms. The van der Waals surface area contributed by atoms with Crippen molar-refractivity contribution in [2.75, 3.05) is 0 Å². The number of rotatable bonds is 4. The molecule has 1 aromatic carbocycles. The van der Waals surface area contributed by atoms with Gasteiger partial charge in [0.2, 0.25) is 0 Å². The molecule has 1 aliphatic rings.